The minimum absolute atomic E-state index is 0.0621. The van der Waals surface area contributed by atoms with E-state index in [0.29, 0.717) is 10.2 Å². The average molecular weight is 418 g/mol. The second kappa shape index (κ2) is 8.69. The molecule has 9 heteroatoms. The molecular weight excluding hydrogens is 395 g/mol. The SMILES string of the molecule is CC(=O)NC(C)C(C)Oc1cnc(Oc2ccc3nc(C(C)C)sc3c2F)cn1. The van der Waals surface area contributed by atoms with Crippen LogP contribution in [0.2, 0.25) is 0 Å². The second-order valence-corrected chi connectivity index (χ2v) is 8.07. The van der Waals surface area contributed by atoms with Crippen molar-refractivity contribution in [2.24, 2.45) is 0 Å². The highest BCUT2D eigenvalue weighted by atomic mass is 32.1. The Bertz CT molecular complexity index is 1010. The molecule has 0 aliphatic heterocycles. The standard InChI is InChI=1S/C20H23FN4O3S/c1-10(2)20-25-14-6-7-15(18(21)19(14)29-20)28-17-9-22-16(8-23-17)27-12(4)11(3)24-13(5)26/h6-12H,1-5H3,(H,24,26). The van der Waals surface area contributed by atoms with Gasteiger partial charge in [-0.15, -0.1) is 11.3 Å². The van der Waals surface area contributed by atoms with E-state index in [4.69, 9.17) is 9.47 Å². The molecule has 154 valence electrons. The van der Waals surface area contributed by atoms with Crippen molar-refractivity contribution in [3.05, 3.63) is 35.4 Å². The number of carbonyl (C=O) groups excluding carboxylic acids is 1. The Balaban J connectivity index is 1.71. The van der Waals surface area contributed by atoms with Gasteiger partial charge in [0.2, 0.25) is 17.7 Å². The lowest BCUT2D eigenvalue weighted by atomic mass is 10.2. The monoisotopic (exact) mass is 418 g/mol. The maximum absolute atomic E-state index is 14.8. The molecule has 1 N–H and O–H groups in total. The van der Waals surface area contributed by atoms with Gasteiger partial charge in [-0.1, -0.05) is 13.8 Å². The van der Waals surface area contributed by atoms with Crippen molar-refractivity contribution in [1.82, 2.24) is 20.3 Å². The molecule has 2 heterocycles. The van der Waals surface area contributed by atoms with E-state index in [1.807, 2.05) is 27.7 Å². The predicted octanol–water partition coefficient (Wildman–Crippen LogP) is 4.43. The number of ether oxygens (including phenoxy) is 2. The topological polar surface area (TPSA) is 86.2 Å². The maximum atomic E-state index is 14.8. The van der Waals surface area contributed by atoms with Crippen molar-refractivity contribution >= 4 is 27.5 Å². The third kappa shape index (κ3) is 4.97. The van der Waals surface area contributed by atoms with Crippen LogP contribution in [0, 0.1) is 5.82 Å². The fraction of sp³-hybridized carbons (Fsp3) is 0.400. The van der Waals surface area contributed by atoms with Crippen molar-refractivity contribution in [3.8, 4) is 17.5 Å². The summed E-state index contributed by atoms with van der Waals surface area (Å²) in [6.45, 7) is 9.13. The second-order valence-electron chi connectivity index (χ2n) is 7.04. The maximum Gasteiger partial charge on any atom is 0.238 e. The zero-order valence-corrected chi connectivity index (χ0v) is 17.7. The number of nitrogens with zero attached hydrogens (tertiary/aromatic N) is 3. The Morgan fingerprint density at radius 2 is 1.83 bits per heavy atom. The smallest absolute Gasteiger partial charge is 0.238 e. The summed E-state index contributed by atoms with van der Waals surface area (Å²) in [4.78, 5) is 23.8. The highest BCUT2D eigenvalue weighted by Gasteiger charge is 2.17. The largest absolute Gasteiger partial charge is 0.471 e. The van der Waals surface area contributed by atoms with Crippen LogP contribution < -0.4 is 14.8 Å². The molecule has 3 rings (SSSR count). The van der Waals surface area contributed by atoms with Gasteiger partial charge in [0.15, 0.2) is 11.6 Å². The summed E-state index contributed by atoms with van der Waals surface area (Å²) in [7, 11) is 0. The normalized spacial score (nSPS) is 13.3. The van der Waals surface area contributed by atoms with E-state index >= 15 is 0 Å². The van der Waals surface area contributed by atoms with E-state index in [9.17, 15) is 9.18 Å². The third-order valence-corrected chi connectivity index (χ3v) is 5.60. The van der Waals surface area contributed by atoms with Crippen LogP contribution in [0.4, 0.5) is 4.39 Å². The number of halogens is 1. The van der Waals surface area contributed by atoms with Crippen LogP contribution in [0.1, 0.15) is 45.5 Å². The lowest BCUT2D eigenvalue weighted by molar-refractivity contribution is -0.120. The number of hydrogen-bond donors (Lipinski definition) is 1. The molecule has 0 saturated heterocycles. The Morgan fingerprint density at radius 1 is 1.14 bits per heavy atom. The third-order valence-electron chi connectivity index (χ3n) is 4.23. The number of thiazole rings is 1. The van der Waals surface area contributed by atoms with Gasteiger partial charge in [0.25, 0.3) is 0 Å². The Kier molecular flexibility index (Phi) is 6.26. The van der Waals surface area contributed by atoms with Crippen LogP contribution in [-0.4, -0.2) is 33.0 Å². The lowest BCUT2D eigenvalue weighted by Gasteiger charge is -2.21. The van der Waals surface area contributed by atoms with Crippen molar-refractivity contribution in [2.45, 2.75) is 52.7 Å². The van der Waals surface area contributed by atoms with Gasteiger partial charge in [0, 0.05) is 12.8 Å². The molecule has 2 unspecified atom stereocenters. The first kappa shape index (κ1) is 20.9. The summed E-state index contributed by atoms with van der Waals surface area (Å²) in [5.74, 6) is 0.112. The quantitative estimate of drug-likeness (QED) is 0.611. The highest BCUT2D eigenvalue weighted by molar-refractivity contribution is 7.18. The van der Waals surface area contributed by atoms with Gasteiger partial charge in [0.05, 0.1) is 33.7 Å². The van der Waals surface area contributed by atoms with Gasteiger partial charge >= 0.3 is 0 Å². The number of benzene rings is 1. The molecule has 0 aliphatic carbocycles. The molecule has 0 saturated carbocycles. The van der Waals surface area contributed by atoms with Crippen molar-refractivity contribution in [3.63, 3.8) is 0 Å². The zero-order valence-electron chi connectivity index (χ0n) is 16.9. The van der Waals surface area contributed by atoms with E-state index in [0.717, 1.165) is 5.01 Å². The summed E-state index contributed by atoms with van der Waals surface area (Å²) in [5.41, 5.74) is 0.612. The minimum Gasteiger partial charge on any atom is -0.471 e. The summed E-state index contributed by atoms with van der Waals surface area (Å²) >= 11 is 1.32. The number of hydrogen-bond acceptors (Lipinski definition) is 7. The highest BCUT2D eigenvalue weighted by Crippen LogP contribution is 2.34. The average Bonchev–Trinajstić information content (AvgIpc) is 3.10. The first-order chi connectivity index (χ1) is 13.7. The molecule has 0 radical (unpaired) electrons. The summed E-state index contributed by atoms with van der Waals surface area (Å²) in [6, 6.07) is 3.07. The van der Waals surface area contributed by atoms with Gasteiger partial charge in [-0.3, -0.25) is 4.79 Å². The first-order valence-electron chi connectivity index (χ1n) is 9.27. The molecule has 0 fully saturated rings. The Morgan fingerprint density at radius 3 is 2.45 bits per heavy atom. The van der Waals surface area contributed by atoms with Crippen LogP contribution in [-0.2, 0) is 4.79 Å². The van der Waals surface area contributed by atoms with E-state index in [2.05, 4.69) is 20.3 Å². The predicted molar refractivity (Wildman–Crippen MR) is 109 cm³/mol. The lowest BCUT2D eigenvalue weighted by Crippen LogP contribution is -2.41. The molecule has 29 heavy (non-hydrogen) atoms. The number of nitrogens with one attached hydrogen (secondary N) is 1. The van der Waals surface area contributed by atoms with Crippen LogP contribution in [0.3, 0.4) is 0 Å². The number of fused-ring (bicyclic) bond motifs is 1. The Hall–Kier alpha value is -2.81. The molecule has 2 atom stereocenters. The van der Waals surface area contributed by atoms with Gasteiger partial charge in [-0.05, 0) is 26.0 Å². The number of amides is 1. The Labute approximate surface area is 172 Å². The van der Waals surface area contributed by atoms with Crippen molar-refractivity contribution in [1.29, 1.82) is 0 Å². The van der Waals surface area contributed by atoms with Crippen LogP contribution in [0.15, 0.2) is 24.5 Å². The van der Waals surface area contributed by atoms with Gasteiger partial charge in [-0.25, -0.2) is 19.3 Å². The number of aromatic nitrogens is 3. The summed E-state index contributed by atoms with van der Waals surface area (Å²) in [6.07, 6.45) is 2.45. The molecule has 7 nitrogen and oxygen atoms in total. The molecule has 0 aliphatic rings. The van der Waals surface area contributed by atoms with Crippen molar-refractivity contribution < 1.29 is 18.7 Å². The van der Waals surface area contributed by atoms with E-state index in [1.54, 1.807) is 6.07 Å². The van der Waals surface area contributed by atoms with Gasteiger partial charge in [-0.2, -0.15) is 0 Å². The molecular formula is C20H23FN4O3S. The van der Waals surface area contributed by atoms with Gasteiger partial charge < -0.3 is 14.8 Å². The van der Waals surface area contributed by atoms with E-state index in [1.165, 1.54) is 36.7 Å². The molecule has 0 bridgehead atoms. The van der Waals surface area contributed by atoms with E-state index in [-0.39, 0.29) is 41.5 Å². The molecule has 3 aromatic rings. The summed E-state index contributed by atoms with van der Waals surface area (Å²) in [5, 5.41) is 3.63. The van der Waals surface area contributed by atoms with Crippen LogP contribution in [0.25, 0.3) is 10.2 Å². The molecule has 1 aromatic carbocycles. The number of rotatable bonds is 7. The first-order valence-corrected chi connectivity index (χ1v) is 10.1. The van der Waals surface area contributed by atoms with E-state index < -0.39 is 5.82 Å². The molecule has 0 spiro atoms. The minimum atomic E-state index is -0.466. The van der Waals surface area contributed by atoms with Crippen LogP contribution in [0.5, 0.6) is 17.5 Å². The van der Waals surface area contributed by atoms with Crippen molar-refractivity contribution in [2.75, 3.05) is 0 Å². The zero-order chi connectivity index (χ0) is 21.1. The summed E-state index contributed by atoms with van der Waals surface area (Å²) < 4.78 is 26.5. The van der Waals surface area contributed by atoms with Crippen LogP contribution >= 0.6 is 11.3 Å². The fourth-order valence-corrected chi connectivity index (χ4v) is 3.54. The molecule has 1 amide bonds. The fourth-order valence-electron chi connectivity index (χ4n) is 2.55. The van der Waals surface area contributed by atoms with Gasteiger partial charge in [0.1, 0.15) is 6.10 Å². The molecule has 2 aromatic heterocycles. The number of carbonyl (C=O) groups is 1.